The van der Waals surface area contributed by atoms with Crippen molar-refractivity contribution in [2.24, 2.45) is 0 Å². The summed E-state index contributed by atoms with van der Waals surface area (Å²) >= 11 is 3.43. The van der Waals surface area contributed by atoms with Crippen LogP contribution in [0.25, 0.3) is 11.0 Å². The average molecular weight is 314 g/mol. The maximum absolute atomic E-state index is 4.54. The van der Waals surface area contributed by atoms with Gasteiger partial charge in [0, 0.05) is 11.0 Å². The highest BCUT2D eigenvalue weighted by Gasteiger charge is 2.00. The molecular weight excluding hydrogens is 302 g/mol. The van der Waals surface area contributed by atoms with Crippen molar-refractivity contribution >= 4 is 32.8 Å². The molecule has 0 spiro atoms. The highest BCUT2D eigenvalue weighted by molar-refractivity contribution is 9.10. The molecule has 0 saturated heterocycles. The number of nitrogens with one attached hydrogen (secondary N) is 1. The van der Waals surface area contributed by atoms with E-state index in [0.717, 1.165) is 27.9 Å². The molecule has 2 aromatic carbocycles. The van der Waals surface area contributed by atoms with Crippen molar-refractivity contribution < 1.29 is 0 Å². The van der Waals surface area contributed by atoms with Crippen molar-refractivity contribution in [3.05, 3.63) is 64.8 Å². The minimum atomic E-state index is 0.748. The summed E-state index contributed by atoms with van der Waals surface area (Å²) in [5.74, 6) is 0.790. The van der Waals surface area contributed by atoms with Gasteiger partial charge in [-0.3, -0.25) is 4.98 Å². The number of aromatic nitrogens is 2. The Morgan fingerprint density at radius 2 is 1.84 bits per heavy atom. The summed E-state index contributed by atoms with van der Waals surface area (Å²) in [6.07, 6.45) is 1.76. The Bertz CT molecular complexity index is 698. The first-order valence-electron chi connectivity index (χ1n) is 6.01. The lowest BCUT2D eigenvalue weighted by Crippen LogP contribution is -2.01. The first-order valence-corrected chi connectivity index (χ1v) is 6.81. The van der Waals surface area contributed by atoms with Gasteiger partial charge in [0.1, 0.15) is 5.82 Å². The second-order valence-electron chi connectivity index (χ2n) is 4.23. The van der Waals surface area contributed by atoms with Crippen LogP contribution in [0.3, 0.4) is 0 Å². The Labute approximate surface area is 119 Å². The van der Waals surface area contributed by atoms with E-state index in [0.29, 0.717) is 0 Å². The lowest BCUT2D eigenvalue weighted by Gasteiger charge is -2.06. The van der Waals surface area contributed by atoms with E-state index in [2.05, 4.69) is 43.3 Å². The molecule has 0 aliphatic heterocycles. The highest BCUT2D eigenvalue weighted by Crippen LogP contribution is 2.18. The van der Waals surface area contributed by atoms with Crippen LogP contribution in [0.2, 0.25) is 0 Å². The van der Waals surface area contributed by atoms with Gasteiger partial charge in [0.15, 0.2) is 0 Å². The molecule has 1 aromatic heterocycles. The molecule has 4 heteroatoms. The van der Waals surface area contributed by atoms with Crippen molar-refractivity contribution in [2.75, 3.05) is 5.32 Å². The number of nitrogens with zero attached hydrogens (tertiary/aromatic N) is 2. The largest absolute Gasteiger partial charge is 0.365 e. The third-order valence-corrected chi connectivity index (χ3v) is 3.31. The summed E-state index contributed by atoms with van der Waals surface area (Å²) in [5, 5.41) is 3.28. The van der Waals surface area contributed by atoms with E-state index in [9.17, 15) is 0 Å². The van der Waals surface area contributed by atoms with Crippen molar-refractivity contribution in [2.45, 2.75) is 6.54 Å². The van der Waals surface area contributed by atoms with Crippen LogP contribution in [-0.4, -0.2) is 9.97 Å². The molecule has 0 amide bonds. The van der Waals surface area contributed by atoms with Crippen molar-refractivity contribution in [3.8, 4) is 0 Å². The Morgan fingerprint density at radius 1 is 1.00 bits per heavy atom. The Morgan fingerprint density at radius 3 is 2.68 bits per heavy atom. The molecule has 3 nitrogen and oxygen atoms in total. The quantitative estimate of drug-likeness (QED) is 0.794. The van der Waals surface area contributed by atoms with Crippen LogP contribution in [0.15, 0.2) is 59.2 Å². The Balaban J connectivity index is 1.80. The maximum Gasteiger partial charge on any atom is 0.145 e. The smallest absolute Gasteiger partial charge is 0.145 e. The lowest BCUT2D eigenvalue weighted by atomic mass is 10.2. The van der Waals surface area contributed by atoms with Crippen LogP contribution >= 0.6 is 15.9 Å². The topological polar surface area (TPSA) is 37.8 Å². The van der Waals surface area contributed by atoms with Gasteiger partial charge < -0.3 is 5.32 Å². The number of anilines is 1. The molecule has 0 bridgehead atoms. The van der Waals surface area contributed by atoms with E-state index >= 15 is 0 Å². The van der Waals surface area contributed by atoms with Gasteiger partial charge in [-0.15, -0.1) is 0 Å². The summed E-state index contributed by atoms with van der Waals surface area (Å²) in [7, 11) is 0. The number of rotatable bonds is 3. The maximum atomic E-state index is 4.54. The zero-order valence-corrected chi connectivity index (χ0v) is 11.8. The molecule has 0 saturated carbocycles. The van der Waals surface area contributed by atoms with Gasteiger partial charge >= 0.3 is 0 Å². The Hall–Kier alpha value is -1.94. The normalized spacial score (nSPS) is 10.6. The fraction of sp³-hybridized carbons (Fsp3) is 0.0667. The zero-order chi connectivity index (χ0) is 13.1. The van der Waals surface area contributed by atoms with Gasteiger partial charge in [-0.2, -0.15) is 0 Å². The van der Waals surface area contributed by atoms with Crippen molar-refractivity contribution in [1.82, 2.24) is 9.97 Å². The molecule has 0 aliphatic rings. The molecule has 0 aliphatic carbocycles. The first-order chi connectivity index (χ1) is 9.31. The molecule has 0 atom stereocenters. The summed E-state index contributed by atoms with van der Waals surface area (Å²) in [6, 6.07) is 16.1. The van der Waals surface area contributed by atoms with E-state index in [-0.39, 0.29) is 0 Å². The fourth-order valence-corrected chi connectivity index (χ4v) is 2.21. The molecule has 3 rings (SSSR count). The predicted octanol–water partition coefficient (Wildman–Crippen LogP) is 4.00. The van der Waals surface area contributed by atoms with E-state index in [1.54, 1.807) is 6.20 Å². The monoisotopic (exact) mass is 313 g/mol. The summed E-state index contributed by atoms with van der Waals surface area (Å²) < 4.78 is 1.01. The predicted molar refractivity (Wildman–Crippen MR) is 81.0 cm³/mol. The van der Waals surface area contributed by atoms with Gasteiger partial charge in [0.2, 0.25) is 0 Å². The Kier molecular flexibility index (Phi) is 3.42. The number of hydrogen-bond acceptors (Lipinski definition) is 3. The molecule has 0 radical (unpaired) electrons. The average Bonchev–Trinajstić information content (AvgIpc) is 2.46. The van der Waals surface area contributed by atoms with Gasteiger partial charge in [0.25, 0.3) is 0 Å². The highest BCUT2D eigenvalue weighted by atomic mass is 79.9. The molecule has 94 valence electrons. The minimum Gasteiger partial charge on any atom is -0.365 e. The van der Waals surface area contributed by atoms with Crippen molar-refractivity contribution in [1.29, 1.82) is 0 Å². The third kappa shape index (κ3) is 2.90. The second-order valence-corrected chi connectivity index (χ2v) is 5.14. The van der Waals surface area contributed by atoms with Crippen molar-refractivity contribution in [3.63, 3.8) is 0 Å². The lowest BCUT2D eigenvalue weighted by molar-refractivity contribution is 1.11. The second kappa shape index (κ2) is 5.36. The number of hydrogen-bond donors (Lipinski definition) is 1. The van der Waals surface area contributed by atoms with E-state index in [1.165, 1.54) is 5.56 Å². The van der Waals surface area contributed by atoms with Crippen LogP contribution in [0.5, 0.6) is 0 Å². The van der Waals surface area contributed by atoms with Crippen LogP contribution in [0.1, 0.15) is 5.56 Å². The van der Waals surface area contributed by atoms with Crippen LogP contribution < -0.4 is 5.32 Å². The molecule has 1 heterocycles. The van der Waals surface area contributed by atoms with Gasteiger partial charge in [-0.25, -0.2) is 4.98 Å². The number of benzene rings is 2. The molecule has 0 unspecified atom stereocenters. The molecule has 0 fully saturated rings. The minimum absolute atomic E-state index is 0.748. The van der Waals surface area contributed by atoms with Gasteiger partial charge in [-0.05, 0) is 23.8 Å². The summed E-state index contributed by atoms with van der Waals surface area (Å²) in [6.45, 7) is 0.748. The molecule has 3 aromatic rings. The summed E-state index contributed by atoms with van der Waals surface area (Å²) in [4.78, 5) is 8.94. The van der Waals surface area contributed by atoms with E-state index in [1.807, 2.05) is 36.4 Å². The van der Waals surface area contributed by atoms with E-state index in [4.69, 9.17) is 0 Å². The zero-order valence-electron chi connectivity index (χ0n) is 10.2. The molecule has 19 heavy (non-hydrogen) atoms. The summed E-state index contributed by atoms with van der Waals surface area (Å²) in [5.41, 5.74) is 3.00. The number of halogens is 1. The number of fused-ring (bicyclic) bond motifs is 1. The van der Waals surface area contributed by atoms with E-state index < -0.39 is 0 Å². The van der Waals surface area contributed by atoms with Crippen LogP contribution in [0, 0.1) is 0 Å². The fourth-order valence-electron chi connectivity index (χ4n) is 1.86. The third-order valence-electron chi connectivity index (χ3n) is 2.82. The van der Waals surface area contributed by atoms with Crippen LogP contribution in [0.4, 0.5) is 5.82 Å². The van der Waals surface area contributed by atoms with Gasteiger partial charge in [-0.1, -0.05) is 46.3 Å². The van der Waals surface area contributed by atoms with Gasteiger partial charge in [0.05, 0.1) is 17.2 Å². The first kappa shape index (κ1) is 12.1. The molecule has 1 N–H and O–H groups in total. The van der Waals surface area contributed by atoms with Crippen LogP contribution in [-0.2, 0) is 6.54 Å². The SMILES string of the molecule is Brc1ccc2nc(NCc3ccccc3)cnc2c1. The standard InChI is InChI=1S/C15H12BrN3/c16-12-6-7-13-14(8-12)17-10-15(19-13)18-9-11-4-2-1-3-5-11/h1-8,10H,9H2,(H,18,19). The molecular formula is C15H12BrN3.